The number of nitrogens with zero attached hydrogens (tertiary/aromatic N) is 3. The number of carboxylic acids is 1. The van der Waals surface area contributed by atoms with E-state index in [9.17, 15) is 19.1 Å². The van der Waals surface area contributed by atoms with Gasteiger partial charge in [0.2, 0.25) is 0 Å². The number of carboxylic acid groups (broad SMARTS) is 1. The first kappa shape index (κ1) is 24.3. The van der Waals surface area contributed by atoms with Crippen LogP contribution in [-0.4, -0.2) is 71.7 Å². The van der Waals surface area contributed by atoms with Crippen LogP contribution in [0.15, 0.2) is 46.0 Å². The number of carbonyl (C=O) groups is 2. The van der Waals surface area contributed by atoms with Crippen LogP contribution in [0.2, 0.25) is 5.02 Å². The van der Waals surface area contributed by atoms with Gasteiger partial charge in [-0.05, 0) is 30.7 Å². The van der Waals surface area contributed by atoms with E-state index in [1.165, 1.54) is 23.5 Å². The molecule has 1 aromatic heterocycles. The molecule has 0 radical (unpaired) electrons. The quantitative estimate of drug-likeness (QED) is 0.549. The molecule has 1 saturated heterocycles. The SMILES string of the molecule is CCOC(=O)C1=C(CN2CCOC[C@H]2C(=O)O)NC(c2nccs2)=N[C@H]1c1cc(F)cc(Cl)c1. The minimum Gasteiger partial charge on any atom is -0.480 e. The third-order valence-corrected chi connectivity index (χ3v) is 6.34. The fourth-order valence-electron chi connectivity index (χ4n) is 3.85. The molecule has 0 amide bonds. The van der Waals surface area contributed by atoms with Crippen molar-refractivity contribution in [1.82, 2.24) is 15.2 Å². The van der Waals surface area contributed by atoms with Gasteiger partial charge in [-0.3, -0.25) is 14.7 Å². The Balaban J connectivity index is 1.83. The molecule has 0 bridgehead atoms. The Hall–Kier alpha value is -2.86. The van der Waals surface area contributed by atoms with Gasteiger partial charge in [-0.2, -0.15) is 0 Å². The summed E-state index contributed by atoms with van der Waals surface area (Å²) in [4.78, 5) is 35.6. The fraction of sp³-hybridized carbons (Fsp3) is 0.364. The Morgan fingerprint density at radius 1 is 1.41 bits per heavy atom. The molecule has 4 rings (SSSR count). The lowest BCUT2D eigenvalue weighted by Gasteiger charge is -2.35. The van der Waals surface area contributed by atoms with Crippen LogP contribution >= 0.6 is 22.9 Å². The smallest absolute Gasteiger partial charge is 0.338 e. The van der Waals surface area contributed by atoms with E-state index in [4.69, 9.17) is 21.1 Å². The number of aliphatic imine (C=N–C) groups is 1. The normalized spacial score (nSPS) is 21.1. The Bertz CT molecular complexity index is 1120. The number of rotatable bonds is 7. The molecular formula is C22H22ClFN4O5S. The van der Waals surface area contributed by atoms with Crippen molar-refractivity contribution in [2.24, 2.45) is 4.99 Å². The molecule has 9 nitrogen and oxygen atoms in total. The van der Waals surface area contributed by atoms with Crippen molar-refractivity contribution in [3.63, 3.8) is 0 Å². The third-order valence-electron chi connectivity index (χ3n) is 5.34. The molecule has 1 aromatic carbocycles. The molecule has 2 aromatic rings. The number of aliphatic carboxylic acids is 1. The molecule has 34 heavy (non-hydrogen) atoms. The first-order valence-electron chi connectivity index (χ1n) is 10.5. The number of thiazole rings is 1. The zero-order valence-corrected chi connectivity index (χ0v) is 19.7. The standard InChI is InChI=1S/C22H22ClFN4O5S/c1-2-33-22(31)17-15(10-28-4-5-32-11-16(28)21(29)30)26-19(20-25-3-6-34-20)27-18(17)12-7-13(23)9-14(24)8-12/h3,6-9,16,18H,2,4-5,10-11H2,1H3,(H,26,27)(H,29,30)/t16-,18-/m0/s1. The van der Waals surface area contributed by atoms with E-state index in [-0.39, 0.29) is 30.4 Å². The molecule has 0 spiro atoms. The average molecular weight is 509 g/mol. The van der Waals surface area contributed by atoms with Crippen molar-refractivity contribution in [2.75, 3.05) is 32.9 Å². The highest BCUT2D eigenvalue weighted by Gasteiger charge is 2.36. The summed E-state index contributed by atoms with van der Waals surface area (Å²) in [5.74, 6) is -1.87. The van der Waals surface area contributed by atoms with Crippen LogP contribution in [0.25, 0.3) is 0 Å². The lowest BCUT2D eigenvalue weighted by atomic mass is 9.95. The average Bonchev–Trinajstić information content (AvgIpc) is 3.33. The Kier molecular flexibility index (Phi) is 7.57. The molecule has 2 atom stereocenters. The summed E-state index contributed by atoms with van der Waals surface area (Å²) in [6, 6.07) is 2.13. The molecule has 0 aliphatic carbocycles. The summed E-state index contributed by atoms with van der Waals surface area (Å²) in [7, 11) is 0. The minimum atomic E-state index is -1.03. The van der Waals surface area contributed by atoms with E-state index in [1.807, 2.05) is 0 Å². The molecular weight excluding hydrogens is 487 g/mol. The molecule has 1 fully saturated rings. The van der Waals surface area contributed by atoms with Gasteiger partial charge >= 0.3 is 11.9 Å². The number of halogens is 2. The Labute approximate surface area is 203 Å². The van der Waals surface area contributed by atoms with Crippen molar-refractivity contribution < 1.29 is 28.6 Å². The number of aromatic nitrogens is 1. The first-order chi connectivity index (χ1) is 16.4. The van der Waals surface area contributed by atoms with Gasteiger partial charge in [-0.1, -0.05) is 11.6 Å². The lowest BCUT2D eigenvalue weighted by Crippen LogP contribution is -2.52. The van der Waals surface area contributed by atoms with Crippen LogP contribution in [0.1, 0.15) is 23.5 Å². The maximum atomic E-state index is 14.3. The van der Waals surface area contributed by atoms with Crippen molar-refractivity contribution in [1.29, 1.82) is 0 Å². The summed E-state index contributed by atoms with van der Waals surface area (Å²) in [6.45, 7) is 2.59. The van der Waals surface area contributed by atoms with Gasteiger partial charge in [0.05, 0.1) is 25.4 Å². The van der Waals surface area contributed by atoms with Gasteiger partial charge in [0.15, 0.2) is 10.8 Å². The highest BCUT2D eigenvalue weighted by molar-refractivity contribution is 7.11. The molecule has 2 N–H and O–H groups in total. The number of morpholine rings is 1. The molecule has 180 valence electrons. The van der Waals surface area contributed by atoms with Gasteiger partial charge in [-0.15, -0.1) is 11.3 Å². The topological polar surface area (TPSA) is 113 Å². The predicted molar refractivity (Wildman–Crippen MR) is 123 cm³/mol. The highest BCUT2D eigenvalue weighted by Crippen LogP contribution is 2.35. The number of ether oxygens (including phenoxy) is 2. The summed E-state index contributed by atoms with van der Waals surface area (Å²) < 4.78 is 24.9. The van der Waals surface area contributed by atoms with Gasteiger partial charge in [-0.25, -0.2) is 14.2 Å². The van der Waals surface area contributed by atoms with Gasteiger partial charge in [0, 0.05) is 35.4 Å². The molecule has 12 heteroatoms. The monoisotopic (exact) mass is 508 g/mol. The molecule has 3 heterocycles. The van der Waals surface area contributed by atoms with Crippen LogP contribution in [0.3, 0.4) is 0 Å². The Morgan fingerprint density at radius 2 is 2.24 bits per heavy atom. The molecule has 0 saturated carbocycles. The highest BCUT2D eigenvalue weighted by atomic mass is 35.5. The predicted octanol–water partition coefficient (Wildman–Crippen LogP) is 2.63. The Morgan fingerprint density at radius 3 is 2.91 bits per heavy atom. The van der Waals surface area contributed by atoms with Crippen molar-refractivity contribution in [3.05, 3.63) is 62.5 Å². The minimum absolute atomic E-state index is 0.0215. The summed E-state index contributed by atoms with van der Waals surface area (Å²) in [6.07, 6.45) is 1.62. The van der Waals surface area contributed by atoms with E-state index in [1.54, 1.807) is 23.4 Å². The maximum absolute atomic E-state index is 14.3. The maximum Gasteiger partial charge on any atom is 0.338 e. The summed E-state index contributed by atoms with van der Waals surface area (Å²) in [5.41, 5.74) is 0.912. The summed E-state index contributed by atoms with van der Waals surface area (Å²) >= 11 is 7.44. The molecule has 2 aliphatic rings. The number of amidine groups is 1. The van der Waals surface area contributed by atoms with Gasteiger partial charge in [0.25, 0.3) is 0 Å². The fourth-order valence-corrected chi connectivity index (χ4v) is 4.67. The van der Waals surface area contributed by atoms with Gasteiger partial charge < -0.3 is 19.9 Å². The number of nitrogens with one attached hydrogen (secondary N) is 1. The third kappa shape index (κ3) is 5.27. The number of hydrogen-bond donors (Lipinski definition) is 2. The van der Waals surface area contributed by atoms with Crippen LogP contribution in [-0.2, 0) is 19.1 Å². The van der Waals surface area contributed by atoms with E-state index < -0.39 is 29.8 Å². The van der Waals surface area contributed by atoms with Crippen molar-refractivity contribution in [3.8, 4) is 0 Å². The van der Waals surface area contributed by atoms with Crippen LogP contribution < -0.4 is 5.32 Å². The van der Waals surface area contributed by atoms with E-state index in [0.29, 0.717) is 35.3 Å². The van der Waals surface area contributed by atoms with Crippen molar-refractivity contribution >= 4 is 40.7 Å². The summed E-state index contributed by atoms with van der Waals surface area (Å²) in [5, 5.41) is 15.3. The van der Waals surface area contributed by atoms with E-state index in [0.717, 1.165) is 6.07 Å². The van der Waals surface area contributed by atoms with Gasteiger partial charge in [0.1, 0.15) is 17.9 Å². The second-order valence-electron chi connectivity index (χ2n) is 7.56. The lowest BCUT2D eigenvalue weighted by molar-refractivity contribution is -0.149. The number of benzene rings is 1. The second-order valence-corrected chi connectivity index (χ2v) is 8.89. The molecule has 2 aliphatic heterocycles. The second kappa shape index (κ2) is 10.6. The van der Waals surface area contributed by atoms with Crippen LogP contribution in [0, 0.1) is 5.82 Å². The van der Waals surface area contributed by atoms with Crippen LogP contribution in [0.4, 0.5) is 4.39 Å². The van der Waals surface area contributed by atoms with E-state index in [2.05, 4.69) is 15.3 Å². The van der Waals surface area contributed by atoms with E-state index >= 15 is 0 Å². The van der Waals surface area contributed by atoms with Crippen molar-refractivity contribution in [2.45, 2.75) is 19.0 Å². The molecule has 0 unspecified atom stereocenters. The number of carbonyl (C=O) groups excluding carboxylic acids is 1. The largest absolute Gasteiger partial charge is 0.480 e. The zero-order chi connectivity index (χ0) is 24.2. The zero-order valence-electron chi connectivity index (χ0n) is 18.2. The first-order valence-corrected chi connectivity index (χ1v) is 11.8. The number of hydrogen-bond acceptors (Lipinski definition) is 9. The number of esters is 1. The van der Waals surface area contributed by atoms with Crippen LogP contribution in [0.5, 0.6) is 0 Å².